The van der Waals surface area contributed by atoms with Gasteiger partial charge in [-0.05, 0) is 86.0 Å². The fourth-order valence-electron chi connectivity index (χ4n) is 10.7. The minimum absolute atomic E-state index is 0.120. The zero-order chi connectivity index (χ0) is 36.7. The normalized spacial score (nSPS) is 19.5. The summed E-state index contributed by atoms with van der Waals surface area (Å²) in [7, 11) is -3.33. The molecule has 0 amide bonds. The second kappa shape index (κ2) is 10.7. The number of fused-ring (bicyclic) bond motifs is 14. The van der Waals surface area contributed by atoms with E-state index in [-0.39, 0.29) is 5.41 Å². The number of nitrogens with zero attached hydrogens (tertiary/aromatic N) is 1. The van der Waals surface area contributed by atoms with Gasteiger partial charge in [-0.2, -0.15) is 0 Å². The van der Waals surface area contributed by atoms with Crippen molar-refractivity contribution in [2.75, 3.05) is 0 Å². The summed E-state index contributed by atoms with van der Waals surface area (Å²) in [5.41, 5.74) is 14.9. The molecule has 0 N–H and O–H groups in total. The molecule has 0 fully saturated rings. The average Bonchev–Trinajstić information content (AvgIpc) is 3.70. The molecule has 8 aromatic carbocycles. The molecule has 12 rings (SSSR count). The Kier molecular flexibility index (Phi) is 6.08. The lowest BCUT2D eigenvalue weighted by molar-refractivity contribution is 0.590. The molecule has 2 nitrogen and oxygen atoms in total. The van der Waals surface area contributed by atoms with Gasteiger partial charge in [0.15, 0.2) is 7.14 Å². The molecular formula is C52H36NOP. The number of aromatic nitrogens is 1. The Morgan fingerprint density at radius 1 is 0.455 bits per heavy atom. The van der Waals surface area contributed by atoms with Gasteiger partial charge in [-0.15, -0.1) is 0 Å². The lowest BCUT2D eigenvalue weighted by Gasteiger charge is -2.47. The molecule has 2 atom stereocenters. The summed E-state index contributed by atoms with van der Waals surface area (Å²) in [5.74, 6) is 0. The van der Waals surface area contributed by atoms with Crippen molar-refractivity contribution in [3.8, 4) is 27.9 Å². The first kappa shape index (κ1) is 31.2. The first-order chi connectivity index (χ1) is 26.9. The summed E-state index contributed by atoms with van der Waals surface area (Å²) in [6, 6.07) is 65.9. The van der Waals surface area contributed by atoms with Gasteiger partial charge in [-0.3, -0.25) is 0 Å². The van der Waals surface area contributed by atoms with E-state index in [4.69, 9.17) is 0 Å². The summed E-state index contributed by atoms with van der Waals surface area (Å²) in [5, 5.41) is 5.15. The van der Waals surface area contributed by atoms with Gasteiger partial charge in [0.25, 0.3) is 0 Å². The molecule has 260 valence electrons. The van der Waals surface area contributed by atoms with Crippen LogP contribution in [0.15, 0.2) is 182 Å². The number of hydrogen-bond acceptors (Lipinski definition) is 1. The van der Waals surface area contributed by atoms with E-state index < -0.39 is 12.6 Å². The van der Waals surface area contributed by atoms with Crippen molar-refractivity contribution >= 4 is 44.9 Å². The highest BCUT2D eigenvalue weighted by Crippen LogP contribution is 2.61. The van der Waals surface area contributed by atoms with Crippen LogP contribution in [0.25, 0.3) is 49.7 Å². The molecule has 2 aliphatic heterocycles. The molecule has 9 aromatic rings. The lowest BCUT2D eigenvalue weighted by atomic mass is 9.62. The summed E-state index contributed by atoms with van der Waals surface area (Å²) in [4.78, 5) is 0. The highest BCUT2D eigenvalue weighted by atomic mass is 31.2. The molecule has 3 heteroatoms. The van der Waals surface area contributed by atoms with Crippen molar-refractivity contribution in [2.45, 2.75) is 24.7 Å². The van der Waals surface area contributed by atoms with Crippen molar-refractivity contribution < 1.29 is 4.57 Å². The van der Waals surface area contributed by atoms with E-state index in [2.05, 4.69) is 182 Å². The molecule has 0 saturated carbocycles. The molecule has 55 heavy (non-hydrogen) atoms. The van der Waals surface area contributed by atoms with Crippen LogP contribution in [0.5, 0.6) is 0 Å². The van der Waals surface area contributed by atoms with Crippen molar-refractivity contribution in [3.63, 3.8) is 0 Å². The van der Waals surface area contributed by atoms with Gasteiger partial charge in [-0.25, -0.2) is 0 Å². The Bertz CT molecular complexity index is 3170. The highest BCUT2D eigenvalue weighted by Gasteiger charge is 2.54. The van der Waals surface area contributed by atoms with Gasteiger partial charge in [0.1, 0.15) is 0 Å². The third-order valence-corrected chi connectivity index (χ3v) is 16.2. The van der Waals surface area contributed by atoms with Gasteiger partial charge in [0.2, 0.25) is 0 Å². The third-order valence-electron chi connectivity index (χ3n) is 13.1. The number of rotatable bonds is 2. The largest absolute Gasteiger partial charge is 0.309 e. The SMILES string of the molecule is CC1(C)c2ccccc2-c2ccc(-c3ccc4c(c3)C3(c5ccccc5-n5c6ccccc6c6cccc3c65)c3ccccc3P4(=O)c3ccccc3)cc21. The van der Waals surface area contributed by atoms with Crippen LogP contribution in [-0.4, -0.2) is 4.57 Å². The molecule has 3 heterocycles. The van der Waals surface area contributed by atoms with Crippen LogP contribution in [-0.2, 0) is 15.4 Å². The van der Waals surface area contributed by atoms with Gasteiger partial charge in [0, 0.05) is 32.1 Å². The van der Waals surface area contributed by atoms with Gasteiger partial charge in [0.05, 0.1) is 22.1 Å². The molecule has 0 bridgehead atoms. The smallest absolute Gasteiger partial charge is 0.171 e. The van der Waals surface area contributed by atoms with Gasteiger partial charge >= 0.3 is 0 Å². The summed E-state index contributed by atoms with van der Waals surface area (Å²) < 4.78 is 18.9. The van der Waals surface area contributed by atoms with E-state index >= 15 is 4.57 Å². The minimum atomic E-state index is -3.33. The number of benzene rings is 8. The first-order valence-electron chi connectivity index (χ1n) is 19.2. The quantitative estimate of drug-likeness (QED) is 0.163. The molecular weight excluding hydrogens is 686 g/mol. The number of para-hydroxylation sites is 3. The molecule has 1 spiro atoms. The van der Waals surface area contributed by atoms with Crippen LogP contribution in [0.1, 0.15) is 47.2 Å². The fraction of sp³-hybridized carbons (Fsp3) is 0.0769. The molecule has 3 aliphatic rings. The molecule has 2 unspecified atom stereocenters. The van der Waals surface area contributed by atoms with E-state index in [0.29, 0.717) is 0 Å². The van der Waals surface area contributed by atoms with Crippen molar-refractivity contribution in [1.82, 2.24) is 4.57 Å². The lowest BCUT2D eigenvalue weighted by Crippen LogP contribution is -2.48. The maximum absolute atomic E-state index is 16.5. The summed E-state index contributed by atoms with van der Waals surface area (Å²) in [6.45, 7) is 4.68. The maximum atomic E-state index is 16.5. The summed E-state index contributed by atoms with van der Waals surface area (Å²) >= 11 is 0. The predicted octanol–water partition coefficient (Wildman–Crippen LogP) is 11.4. The maximum Gasteiger partial charge on any atom is 0.171 e. The van der Waals surface area contributed by atoms with Crippen LogP contribution in [0.4, 0.5) is 0 Å². The van der Waals surface area contributed by atoms with Crippen LogP contribution in [0.3, 0.4) is 0 Å². The molecule has 1 aliphatic carbocycles. The van der Waals surface area contributed by atoms with E-state index in [1.165, 1.54) is 60.8 Å². The van der Waals surface area contributed by atoms with Crippen molar-refractivity contribution in [3.05, 3.63) is 215 Å². The van der Waals surface area contributed by atoms with Crippen LogP contribution in [0, 0.1) is 0 Å². The Hall–Kier alpha value is -6.21. The summed E-state index contributed by atoms with van der Waals surface area (Å²) in [6.07, 6.45) is 0. The Morgan fingerprint density at radius 3 is 1.91 bits per heavy atom. The molecule has 0 saturated heterocycles. The van der Waals surface area contributed by atoms with Gasteiger partial charge < -0.3 is 9.13 Å². The third kappa shape index (κ3) is 3.74. The van der Waals surface area contributed by atoms with Crippen LogP contribution in [0.2, 0.25) is 0 Å². The Balaban J connectivity index is 1.23. The van der Waals surface area contributed by atoms with E-state index in [9.17, 15) is 0 Å². The van der Waals surface area contributed by atoms with Crippen molar-refractivity contribution in [2.24, 2.45) is 0 Å². The standard InChI is InChI=1S/C52H36NOP/c1-51(2)40-20-8-6-17-36(40)37-29-27-33(31-44(37)51)34-28-30-49-45(32-34)52(42-22-10-13-26-48(42)55(49,54)35-15-4-3-5-16-35)41-21-9-12-25-47(41)53-46-24-11-7-18-38(46)39-19-14-23-43(52)50(39)53/h3-32H,1-2H3. The monoisotopic (exact) mass is 721 g/mol. The van der Waals surface area contributed by atoms with Crippen molar-refractivity contribution in [1.29, 1.82) is 0 Å². The fourth-order valence-corrected chi connectivity index (χ4v) is 13.9. The Labute approximate surface area is 320 Å². The van der Waals surface area contributed by atoms with E-state index in [1.54, 1.807) is 0 Å². The second-order valence-corrected chi connectivity index (χ2v) is 18.6. The second-order valence-electron chi connectivity index (χ2n) is 15.9. The van der Waals surface area contributed by atoms with Gasteiger partial charge in [-0.1, -0.05) is 166 Å². The van der Waals surface area contributed by atoms with Crippen LogP contribution < -0.4 is 15.9 Å². The minimum Gasteiger partial charge on any atom is -0.309 e. The first-order valence-corrected chi connectivity index (χ1v) is 20.9. The average molecular weight is 722 g/mol. The van der Waals surface area contributed by atoms with E-state index in [1.807, 2.05) is 18.2 Å². The molecule has 0 radical (unpaired) electrons. The predicted molar refractivity (Wildman–Crippen MR) is 229 cm³/mol. The zero-order valence-corrected chi connectivity index (χ0v) is 31.5. The number of hydrogen-bond donors (Lipinski definition) is 0. The van der Waals surface area contributed by atoms with E-state index in [0.717, 1.165) is 38.3 Å². The topological polar surface area (TPSA) is 22.0 Å². The zero-order valence-electron chi connectivity index (χ0n) is 30.6. The highest BCUT2D eigenvalue weighted by molar-refractivity contribution is 7.85. The Morgan fingerprint density at radius 2 is 1.05 bits per heavy atom. The van der Waals surface area contributed by atoms with Crippen LogP contribution >= 0.6 is 7.14 Å². The molecule has 1 aromatic heterocycles.